The zero-order chi connectivity index (χ0) is 12.3. The minimum absolute atomic E-state index is 0.162. The van der Waals surface area contributed by atoms with Gasteiger partial charge in [0.05, 0.1) is 12.5 Å². The molecule has 1 fully saturated rings. The van der Waals surface area contributed by atoms with Crippen molar-refractivity contribution in [3.63, 3.8) is 0 Å². The van der Waals surface area contributed by atoms with Gasteiger partial charge in [-0.25, -0.2) is 0 Å². The summed E-state index contributed by atoms with van der Waals surface area (Å²) in [5.74, 6) is 0.466. The van der Waals surface area contributed by atoms with E-state index in [1.165, 1.54) is 4.88 Å². The van der Waals surface area contributed by atoms with Crippen LogP contribution in [-0.2, 0) is 11.3 Å². The Hall–Kier alpha value is -0.870. The molecular formula is C13H20N2OS. The van der Waals surface area contributed by atoms with Crippen molar-refractivity contribution in [2.75, 3.05) is 13.1 Å². The molecule has 0 bridgehead atoms. The third-order valence-electron chi connectivity index (χ3n) is 3.46. The van der Waals surface area contributed by atoms with E-state index in [9.17, 15) is 4.79 Å². The molecule has 1 N–H and O–H groups in total. The molecule has 2 heterocycles. The number of nitrogens with one attached hydrogen (secondary N) is 1. The fraction of sp³-hybridized carbons (Fsp3) is 0.615. The maximum atomic E-state index is 12.4. The van der Waals surface area contributed by atoms with Crippen molar-refractivity contribution in [1.82, 2.24) is 10.2 Å². The van der Waals surface area contributed by atoms with E-state index in [-0.39, 0.29) is 5.92 Å². The molecule has 94 valence electrons. The molecule has 0 spiro atoms. The van der Waals surface area contributed by atoms with Crippen molar-refractivity contribution in [2.45, 2.75) is 32.9 Å². The molecule has 0 aliphatic carbocycles. The SMILES string of the molecule is CCN(Cc1cccs1)C(=O)C1CCNC1C. The molecule has 1 aliphatic heterocycles. The molecule has 1 saturated heterocycles. The van der Waals surface area contributed by atoms with E-state index in [2.05, 4.69) is 30.6 Å². The van der Waals surface area contributed by atoms with Gasteiger partial charge in [0.1, 0.15) is 0 Å². The van der Waals surface area contributed by atoms with Crippen LogP contribution in [0.1, 0.15) is 25.1 Å². The average Bonchev–Trinajstić information content (AvgIpc) is 2.96. The number of amides is 1. The van der Waals surface area contributed by atoms with E-state index in [0.29, 0.717) is 11.9 Å². The van der Waals surface area contributed by atoms with Crippen LogP contribution in [0.3, 0.4) is 0 Å². The van der Waals surface area contributed by atoms with Gasteiger partial charge in [-0.15, -0.1) is 11.3 Å². The lowest BCUT2D eigenvalue weighted by atomic mass is 10.0. The smallest absolute Gasteiger partial charge is 0.227 e. The van der Waals surface area contributed by atoms with Gasteiger partial charge in [0.25, 0.3) is 0 Å². The van der Waals surface area contributed by atoms with E-state index in [4.69, 9.17) is 0 Å². The molecule has 1 amide bonds. The van der Waals surface area contributed by atoms with Crippen LogP contribution < -0.4 is 5.32 Å². The molecule has 0 aromatic carbocycles. The highest BCUT2D eigenvalue weighted by Gasteiger charge is 2.32. The van der Waals surface area contributed by atoms with E-state index in [0.717, 1.165) is 26.1 Å². The lowest BCUT2D eigenvalue weighted by molar-refractivity contribution is -0.136. The summed E-state index contributed by atoms with van der Waals surface area (Å²) in [5, 5.41) is 5.41. The predicted octanol–water partition coefficient (Wildman–Crippen LogP) is 2.09. The largest absolute Gasteiger partial charge is 0.338 e. The minimum atomic E-state index is 0.162. The molecule has 1 aromatic rings. The summed E-state index contributed by atoms with van der Waals surface area (Å²) in [6.07, 6.45) is 0.973. The molecule has 2 unspecified atom stereocenters. The van der Waals surface area contributed by atoms with Gasteiger partial charge >= 0.3 is 0 Å². The van der Waals surface area contributed by atoms with Crippen molar-refractivity contribution in [2.24, 2.45) is 5.92 Å². The Morgan fingerprint density at radius 2 is 2.47 bits per heavy atom. The molecular weight excluding hydrogens is 232 g/mol. The van der Waals surface area contributed by atoms with Gasteiger partial charge in [-0.3, -0.25) is 4.79 Å². The Morgan fingerprint density at radius 3 is 3.00 bits per heavy atom. The lowest BCUT2D eigenvalue weighted by Gasteiger charge is -2.25. The van der Waals surface area contributed by atoms with Gasteiger partial charge in [-0.2, -0.15) is 0 Å². The molecule has 1 aromatic heterocycles. The second-order valence-corrected chi connectivity index (χ2v) is 5.60. The second-order valence-electron chi connectivity index (χ2n) is 4.57. The van der Waals surface area contributed by atoms with Gasteiger partial charge in [-0.1, -0.05) is 6.07 Å². The Labute approximate surface area is 107 Å². The molecule has 2 atom stereocenters. The quantitative estimate of drug-likeness (QED) is 0.890. The third-order valence-corrected chi connectivity index (χ3v) is 4.32. The first-order chi connectivity index (χ1) is 8.22. The summed E-state index contributed by atoms with van der Waals surface area (Å²) in [5.41, 5.74) is 0. The maximum absolute atomic E-state index is 12.4. The van der Waals surface area contributed by atoms with Crippen LogP contribution >= 0.6 is 11.3 Å². The Morgan fingerprint density at radius 1 is 1.65 bits per heavy atom. The lowest BCUT2D eigenvalue weighted by Crippen LogP contribution is -2.39. The van der Waals surface area contributed by atoms with Gasteiger partial charge in [-0.05, 0) is 38.3 Å². The molecule has 0 radical (unpaired) electrons. The standard InChI is InChI=1S/C13H20N2OS/c1-3-15(9-11-5-4-8-17-11)13(16)12-6-7-14-10(12)2/h4-5,8,10,12,14H,3,6-7,9H2,1-2H3. The maximum Gasteiger partial charge on any atom is 0.227 e. The molecule has 17 heavy (non-hydrogen) atoms. The van der Waals surface area contributed by atoms with E-state index < -0.39 is 0 Å². The monoisotopic (exact) mass is 252 g/mol. The zero-order valence-corrected chi connectivity index (χ0v) is 11.3. The average molecular weight is 252 g/mol. The number of nitrogens with zero attached hydrogens (tertiary/aromatic N) is 1. The molecule has 1 aliphatic rings. The van der Waals surface area contributed by atoms with Crippen molar-refractivity contribution in [3.05, 3.63) is 22.4 Å². The molecule has 4 heteroatoms. The summed E-state index contributed by atoms with van der Waals surface area (Å²) in [4.78, 5) is 15.6. The van der Waals surface area contributed by atoms with Crippen molar-refractivity contribution < 1.29 is 4.79 Å². The first kappa shape index (κ1) is 12.6. The van der Waals surface area contributed by atoms with Crippen LogP contribution in [0.2, 0.25) is 0 Å². The summed E-state index contributed by atoms with van der Waals surface area (Å²) in [6.45, 7) is 6.68. The molecule has 0 saturated carbocycles. The van der Waals surface area contributed by atoms with Crippen LogP contribution in [0.4, 0.5) is 0 Å². The van der Waals surface area contributed by atoms with Gasteiger partial charge < -0.3 is 10.2 Å². The van der Waals surface area contributed by atoms with Crippen LogP contribution in [0, 0.1) is 5.92 Å². The van der Waals surface area contributed by atoms with Gasteiger partial charge in [0.15, 0.2) is 0 Å². The number of hydrogen-bond acceptors (Lipinski definition) is 3. The predicted molar refractivity (Wildman–Crippen MR) is 71.0 cm³/mol. The van der Waals surface area contributed by atoms with Crippen LogP contribution in [0.15, 0.2) is 17.5 Å². The fourth-order valence-electron chi connectivity index (χ4n) is 2.37. The minimum Gasteiger partial charge on any atom is -0.338 e. The van der Waals surface area contributed by atoms with Gasteiger partial charge in [0, 0.05) is 17.5 Å². The second kappa shape index (κ2) is 5.65. The zero-order valence-electron chi connectivity index (χ0n) is 10.5. The van der Waals surface area contributed by atoms with Crippen molar-refractivity contribution >= 4 is 17.2 Å². The number of thiophene rings is 1. The van der Waals surface area contributed by atoms with Crippen LogP contribution in [0.25, 0.3) is 0 Å². The van der Waals surface area contributed by atoms with Crippen molar-refractivity contribution in [3.8, 4) is 0 Å². The Kier molecular flexibility index (Phi) is 4.18. The number of rotatable bonds is 4. The summed E-state index contributed by atoms with van der Waals surface area (Å²) in [6, 6.07) is 4.45. The van der Waals surface area contributed by atoms with E-state index >= 15 is 0 Å². The number of hydrogen-bond donors (Lipinski definition) is 1. The summed E-state index contributed by atoms with van der Waals surface area (Å²) < 4.78 is 0. The van der Waals surface area contributed by atoms with Crippen LogP contribution in [-0.4, -0.2) is 29.9 Å². The molecule has 3 nitrogen and oxygen atoms in total. The number of carbonyl (C=O) groups excluding carboxylic acids is 1. The normalized spacial score (nSPS) is 23.9. The highest BCUT2D eigenvalue weighted by molar-refractivity contribution is 7.09. The first-order valence-corrected chi connectivity index (χ1v) is 7.15. The van der Waals surface area contributed by atoms with E-state index in [1.807, 2.05) is 11.0 Å². The fourth-order valence-corrected chi connectivity index (χ4v) is 3.09. The first-order valence-electron chi connectivity index (χ1n) is 6.27. The third kappa shape index (κ3) is 2.87. The topological polar surface area (TPSA) is 32.3 Å². The van der Waals surface area contributed by atoms with Crippen LogP contribution in [0.5, 0.6) is 0 Å². The highest BCUT2D eigenvalue weighted by Crippen LogP contribution is 2.20. The Bertz CT molecular complexity index is 364. The number of carbonyl (C=O) groups is 1. The molecule has 2 rings (SSSR count). The summed E-state index contributed by atoms with van der Waals surface area (Å²) in [7, 11) is 0. The van der Waals surface area contributed by atoms with Gasteiger partial charge in [0.2, 0.25) is 5.91 Å². The van der Waals surface area contributed by atoms with E-state index in [1.54, 1.807) is 11.3 Å². The summed E-state index contributed by atoms with van der Waals surface area (Å²) >= 11 is 1.72. The Balaban J connectivity index is 2.00. The van der Waals surface area contributed by atoms with Crippen molar-refractivity contribution in [1.29, 1.82) is 0 Å². The highest BCUT2D eigenvalue weighted by atomic mass is 32.1.